The molecule has 1 N–H and O–H groups in total. The van der Waals surface area contributed by atoms with Crippen LogP contribution >= 0.6 is 0 Å². The first-order chi connectivity index (χ1) is 9.65. The number of ether oxygens (including phenoxy) is 1. The Bertz CT molecular complexity index is 405. The maximum absolute atomic E-state index is 5.90. The molecule has 112 valence electrons. The fraction of sp³-hybridized carbons (Fsp3) is 0.667. The third-order valence-corrected chi connectivity index (χ3v) is 5.12. The van der Waals surface area contributed by atoms with Crippen LogP contribution in [0.15, 0.2) is 30.3 Å². The van der Waals surface area contributed by atoms with E-state index in [1.54, 1.807) is 0 Å². The van der Waals surface area contributed by atoms with Crippen LogP contribution in [0.2, 0.25) is 0 Å². The van der Waals surface area contributed by atoms with Crippen LogP contribution in [-0.4, -0.2) is 18.8 Å². The molecule has 1 fully saturated rings. The fourth-order valence-electron chi connectivity index (χ4n) is 3.39. The number of hydrogen-bond donors (Lipinski definition) is 1. The van der Waals surface area contributed by atoms with Crippen molar-refractivity contribution in [3.63, 3.8) is 0 Å². The molecule has 2 nitrogen and oxygen atoms in total. The lowest BCUT2D eigenvalue weighted by atomic mass is 9.61. The normalized spacial score (nSPS) is 30.8. The summed E-state index contributed by atoms with van der Waals surface area (Å²) >= 11 is 0. The second-order valence-corrected chi connectivity index (χ2v) is 6.13. The minimum Gasteiger partial charge on any atom is -0.378 e. The van der Waals surface area contributed by atoms with Gasteiger partial charge in [0, 0.05) is 24.1 Å². The van der Waals surface area contributed by atoms with Crippen molar-refractivity contribution in [3.05, 3.63) is 35.9 Å². The first-order valence-corrected chi connectivity index (χ1v) is 8.08. The summed E-state index contributed by atoms with van der Waals surface area (Å²) < 4.78 is 5.90. The Labute approximate surface area is 123 Å². The van der Waals surface area contributed by atoms with Gasteiger partial charge < -0.3 is 10.1 Å². The number of rotatable bonds is 7. The molecular weight excluding hydrogens is 246 g/mol. The lowest BCUT2D eigenvalue weighted by Gasteiger charge is -2.54. The predicted molar refractivity (Wildman–Crippen MR) is 84.8 cm³/mol. The average molecular weight is 275 g/mol. The molecule has 1 aromatic carbocycles. The molecule has 0 aromatic heterocycles. The van der Waals surface area contributed by atoms with E-state index in [1.165, 1.54) is 12.0 Å². The smallest absolute Gasteiger partial charge is 0.0658 e. The Balaban J connectivity index is 2.02. The summed E-state index contributed by atoms with van der Waals surface area (Å²) in [7, 11) is 0. The van der Waals surface area contributed by atoms with Crippen LogP contribution in [0.5, 0.6) is 0 Å². The van der Waals surface area contributed by atoms with Crippen LogP contribution in [0.1, 0.15) is 58.6 Å². The van der Waals surface area contributed by atoms with Gasteiger partial charge in [-0.05, 0) is 31.7 Å². The van der Waals surface area contributed by atoms with Gasteiger partial charge in [-0.15, -0.1) is 0 Å². The van der Waals surface area contributed by atoms with Crippen LogP contribution in [0.25, 0.3) is 0 Å². The highest BCUT2D eigenvalue weighted by Crippen LogP contribution is 2.46. The van der Waals surface area contributed by atoms with Crippen molar-refractivity contribution >= 4 is 0 Å². The van der Waals surface area contributed by atoms with E-state index in [2.05, 4.69) is 63.3 Å². The zero-order chi connectivity index (χ0) is 14.6. The molecule has 0 saturated heterocycles. The molecule has 0 amide bonds. The Morgan fingerprint density at radius 3 is 2.50 bits per heavy atom. The highest BCUT2D eigenvalue weighted by Gasteiger charge is 2.51. The van der Waals surface area contributed by atoms with Gasteiger partial charge in [-0.2, -0.15) is 0 Å². The van der Waals surface area contributed by atoms with Crippen molar-refractivity contribution in [1.29, 1.82) is 0 Å². The standard InChI is InChI=1S/C18H29NO/c1-5-15(14-11-9-8-10-12-14)19-16-13-17(20-7-3)18(16,4)6-2/h8-12,15-17,19H,5-7,13H2,1-4H3. The lowest BCUT2D eigenvalue weighted by molar-refractivity contribution is -0.128. The van der Waals surface area contributed by atoms with Crippen molar-refractivity contribution in [2.45, 2.75) is 65.1 Å². The molecule has 1 aliphatic rings. The van der Waals surface area contributed by atoms with Crippen molar-refractivity contribution < 1.29 is 4.74 Å². The fourth-order valence-corrected chi connectivity index (χ4v) is 3.39. The van der Waals surface area contributed by atoms with Gasteiger partial charge >= 0.3 is 0 Å². The molecule has 2 rings (SSSR count). The Hall–Kier alpha value is -0.860. The van der Waals surface area contributed by atoms with Gasteiger partial charge in [-0.1, -0.05) is 51.1 Å². The maximum Gasteiger partial charge on any atom is 0.0658 e. The summed E-state index contributed by atoms with van der Waals surface area (Å²) in [5, 5.41) is 3.87. The molecular formula is C18H29NO. The van der Waals surface area contributed by atoms with E-state index >= 15 is 0 Å². The van der Waals surface area contributed by atoms with Crippen LogP contribution in [0.4, 0.5) is 0 Å². The Kier molecular flexibility index (Phi) is 5.22. The van der Waals surface area contributed by atoms with Crippen LogP contribution in [0.3, 0.4) is 0 Å². The van der Waals surface area contributed by atoms with Crippen molar-refractivity contribution in [1.82, 2.24) is 5.32 Å². The van der Waals surface area contributed by atoms with Gasteiger partial charge in [0.25, 0.3) is 0 Å². The molecule has 1 aromatic rings. The maximum atomic E-state index is 5.90. The molecule has 1 aliphatic carbocycles. The summed E-state index contributed by atoms with van der Waals surface area (Å²) in [6.45, 7) is 9.82. The molecule has 4 unspecified atom stereocenters. The van der Waals surface area contributed by atoms with Gasteiger partial charge in [0.1, 0.15) is 0 Å². The number of hydrogen-bond acceptors (Lipinski definition) is 2. The van der Waals surface area contributed by atoms with Crippen LogP contribution in [0, 0.1) is 5.41 Å². The third kappa shape index (κ3) is 2.91. The van der Waals surface area contributed by atoms with E-state index in [9.17, 15) is 0 Å². The monoisotopic (exact) mass is 275 g/mol. The largest absolute Gasteiger partial charge is 0.378 e. The molecule has 2 heteroatoms. The summed E-state index contributed by atoms with van der Waals surface area (Å²) in [5.74, 6) is 0. The van der Waals surface area contributed by atoms with Crippen LogP contribution < -0.4 is 5.32 Å². The van der Waals surface area contributed by atoms with Crippen LogP contribution in [-0.2, 0) is 4.74 Å². The second kappa shape index (κ2) is 6.73. The van der Waals surface area contributed by atoms with Gasteiger partial charge in [-0.3, -0.25) is 0 Å². The lowest BCUT2D eigenvalue weighted by Crippen LogP contribution is -2.62. The van der Waals surface area contributed by atoms with Gasteiger partial charge in [0.05, 0.1) is 6.10 Å². The second-order valence-electron chi connectivity index (χ2n) is 6.13. The van der Waals surface area contributed by atoms with E-state index in [0.29, 0.717) is 18.2 Å². The zero-order valence-corrected chi connectivity index (χ0v) is 13.4. The predicted octanol–water partition coefficient (Wildman–Crippen LogP) is 4.32. The zero-order valence-electron chi connectivity index (χ0n) is 13.4. The minimum absolute atomic E-state index is 0.276. The molecule has 0 radical (unpaired) electrons. The number of nitrogens with one attached hydrogen (secondary N) is 1. The van der Waals surface area contributed by atoms with Crippen molar-refractivity contribution in [2.24, 2.45) is 5.41 Å². The van der Waals surface area contributed by atoms with E-state index < -0.39 is 0 Å². The first-order valence-electron chi connectivity index (χ1n) is 8.08. The van der Waals surface area contributed by atoms with Gasteiger partial charge in [0.2, 0.25) is 0 Å². The van der Waals surface area contributed by atoms with E-state index in [1.807, 2.05) is 0 Å². The molecule has 1 saturated carbocycles. The quantitative estimate of drug-likeness (QED) is 0.800. The van der Waals surface area contributed by atoms with Gasteiger partial charge in [-0.25, -0.2) is 0 Å². The first kappa shape index (κ1) is 15.5. The molecule has 4 atom stereocenters. The van der Waals surface area contributed by atoms with E-state index in [-0.39, 0.29) is 5.41 Å². The van der Waals surface area contributed by atoms with Gasteiger partial charge in [0.15, 0.2) is 0 Å². The summed E-state index contributed by atoms with van der Waals surface area (Å²) in [5.41, 5.74) is 1.67. The molecule has 0 heterocycles. The molecule has 0 spiro atoms. The van der Waals surface area contributed by atoms with Crippen molar-refractivity contribution in [3.8, 4) is 0 Å². The number of benzene rings is 1. The Morgan fingerprint density at radius 1 is 1.25 bits per heavy atom. The third-order valence-electron chi connectivity index (χ3n) is 5.12. The van der Waals surface area contributed by atoms with E-state index in [0.717, 1.165) is 19.4 Å². The molecule has 20 heavy (non-hydrogen) atoms. The minimum atomic E-state index is 0.276. The highest BCUT2D eigenvalue weighted by molar-refractivity contribution is 5.20. The summed E-state index contributed by atoms with van der Waals surface area (Å²) in [6.07, 6.45) is 3.85. The molecule has 0 bridgehead atoms. The average Bonchev–Trinajstić information content (AvgIpc) is 2.50. The summed E-state index contributed by atoms with van der Waals surface area (Å²) in [6, 6.07) is 11.8. The highest BCUT2D eigenvalue weighted by atomic mass is 16.5. The summed E-state index contributed by atoms with van der Waals surface area (Å²) in [4.78, 5) is 0. The SMILES string of the molecule is CCOC1CC(NC(CC)c2ccccc2)C1(C)CC. The van der Waals surface area contributed by atoms with Crippen molar-refractivity contribution in [2.75, 3.05) is 6.61 Å². The molecule has 0 aliphatic heterocycles. The van der Waals surface area contributed by atoms with E-state index in [4.69, 9.17) is 4.74 Å². The topological polar surface area (TPSA) is 21.3 Å². The Morgan fingerprint density at radius 2 is 1.95 bits per heavy atom.